The number of carbonyl (C=O) groups excluding carboxylic acids is 5. The van der Waals surface area contributed by atoms with E-state index in [4.69, 9.17) is 24.1 Å². The number of carbonyl (C=O) groups is 8. The lowest BCUT2D eigenvalue weighted by Crippen LogP contribution is -2.44. The molecular weight excluding hydrogens is 824 g/mol. The van der Waals surface area contributed by atoms with Crippen molar-refractivity contribution in [1.82, 2.24) is 21.3 Å². The molecule has 0 radical (unpaired) electrons. The predicted molar refractivity (Wildman–Crippen MR) is 233 cm³/mol. The van der Waals surface area contributed by atoms with Crippen LogP contribution in [-0.4, -0.2) is 141 Å². The van der Waals surface area contributed by atoms with Gasteiger partial charge in [-0.05, 0) is 25.7 Å². The predicted octanol–water partition coefficient (Wildman–Crippen LogP) is 3.93. The summed E-state index contributed by atoms with van der Waals surface area (Å²) >= 11 is 0. The Morgan fingerprint density at radius 1 is 0.429 bits per heavy atom. The molecule has 0 saturated heterocycles. The first-order valence-corrected chi connectivity index (χ1v) is 22.7. The number of rotatable bonds is 43. The van der Waals surface area contributed by atoms with Crippen LogP contribution in [0.4, 0.5) is 0 Å². The smallest absolute Gasteiger partial charge is 0.326 e. The molecule has 0 aromatic heterocycles. The quantitative estimate of drug-likeness (QED) is 0.0427. The fourth-order valence-corrected chi connectivity index (χ4v) is 5.93. The van der Waals surface area contributed by atoms with E-state index in [-0.39, 0.29) is 110 Å². The van der Waals surface area contributed by atoms with Crippen LogP contribution in [-0.2, 0) is 57.3 Å². The maximum absolute atomic E-state index is 12.5. The van der Waals surface area contributed by atoms with Gasteiger partial charge in [0.15, 0.2) is 5.78 Å². The number of ketones is 1. The summed E-state index contributed by atoms with van der Waals surface area (Å²) in [6.45, 7) is 6.99. The van der Waals surface area contributed by atoms with Crippen LogP contribution in [0.5, 0.6) is 0 Å². The van der Waals surface area contributed by atoms with Crippen LogP contribution in [0, 0.1) is 5.41 Å². The number of hydrogen-bond acceptors (Lipinski definition) is 12. The zero-order chi connectivity index (χ0) is 47.1. The minimum absolute atomic E-state index is 0.00450. The third-order valence-electron chi connectivity index (χ3n) is 9.82. The van der Waals surface area contributed by atoms with Gasteiger partial charge in [-0.3, -0.25) is 28.8 Å². The standard InChI is InChI=1S/C44H78N4O15/c1-44(2,3)36(49)32-62-30-28-61-27-25-46-40(53)33-63-31-29-60-26-24-45-37(50)22-20-34(42(56)57)48-39(52)23-21-35(43(58)59)47-38(51)18-16-14-12-10-8-6-4-5-7-9-11-13-15-17-19-41(54)55/h34-35H,4-33H2,1-3H3,(H,45,50)(H,46,53)(H,47,51)(H,48,52)(H,54,55)(H,56,57)(H,58,59). The molecule has 4 amide bonds. The van der Waals surface area contributed by atoms with Gasteiger partial charge < -0.3 is 55.5 Å². The van der Waals surface area contributed by atoms with Crippen molar-refractivity contribution < 1.29 is 72.6 Å². The molecule has 19 heteroatoms. The zero-order valence-electron chi connectivity index (χ0n) is 38.1. The Morgan fingerprint density at radius 3 is 1.22 bits per heavy atom. The minimum atomic E-state index is -1.38. The molecule has 2 unspecified atom stereocenters. The molecule has 2 atom stereocenters. The van der Waals surface area contributed by atoms with E-state index in [1.54, 1.807) is 0 Å². The first-order valence-electron chi connectivity index (χ1n) is 22.7. The maximum Gasteiger partial charge on any atom is 0.326 e. The second-order valence-corrected chi connectivity index (χ2v) is 16.5. The number of unbranched alkanes of at least 4 members (excludes halogenated alkanes) is 13. The van der Waals surface area contributed by atoms with Crippen molar-refractivity contribution in [3.63, 3.8) is 0 Å². The van der Waals surface area contributed by atoms with Gasteiger partial charge in [-0.2, -0.15) is 0 Å². The average Bonchev–Trinajstić information content (AvgIpc) is 3.21. The Morgan fingerprint density at radius 2 is 0.794 bits per heavy atom. The molecule has 63 heavy (non-hydrogen) atoms. The number of nitrogens with one attached hydrogen (secondary N) is 4. The highest BCUT2D eigenvalue weighted by Crippen LogP contribution is 2.15. The van der Waals surface area contributed by atoms with Crippen molar-refractivity contribution in [2.75, 3.05) is 65.9 Å². The van der Waals surface area contributed by atoms with Gasteiger partial charge in [0.2, 0.25) is 23.6 Å². The number of hydrogen-bond donors (Lipinski definition) is 7. The number of carboxylic acids is 3. The molecule has 0 aliphatic rings. The van der Waals surface area contributed by atoms with E-state index in [1.807, 2.05) is 20.8 Å². The van der Waals surface area contributed by atoms with Crippen LogP contribution in [0.25, 0.3) is 0 Å². The van der Waals surface area contributed by atoms with Gasteiger partial charge in [0.1, 0.15) is 25.3 Å². The van der Waals surface area contributed by atoms with Gasteiger partial charge in [0.25, 0.3) is 0 Å². The SMILES string of the molecule is CC(C)(C)C(=O)COCCOCCNC(=O)COCCOCCNC(=O)CCC(NC(=O)CCC(NC(=O)CCCCCCCCCCCCCCCCC(=O)O)C(=O)O)C(=O)O. The molecule has 0 fully saturated rings. The van der Waals surface area contributed by atoms with Crippen molar-refractivity contribution in [2.24, 2.45) is 5.41 Å². The topological polar surface area (TPSA) is 282 Å². The monoisotopic (exact) mass is 903 g/mol. The lowest BCUT2D eigenvalue weighted by molar-refractivity contribution is -0.143. The van der Waals surface area contributed by atoms with Gasteiger partial charge in [-0.15, -0.1) is 0 Å². The fourth-order valence-electron chi connectivity index (χ4n) is 5.93. The number of ether oxygens (including phenoxy) is 4. The third-order valence-corrected chi connectivity index (χ3v) is 9.82. The van der Waals surface area contributed by atoms with E-state index in [9.17, 15) is 48.6 Å². The van der Waals surface area contributed by atoms with Crippen molar-refractivity contribution >= 4 is 47.3 Å². The lowest BCUT2D eigenvalue weighted by Gasteiger charge is -2.17. The molecule has 7 N–H and O–H groups in total. The molecular formula is C44H78N4O15. The van der Waals surface area contributed by atoms with Crippen LogP contribution in [0.3, 0.4) is 0 Å². The Hall–Kier alpha value is -4.20. The summed E-state index contributed by atoms with van der Waals surface area (Å²) in [6, 6.07) is -2.69. The third kappa shape index (κ3) is 38.0. The van der Waals surface area contributed by atoms with Crippen LogP contribution in [0.1, 0.15) is 149 Å². The molecule has 0 aliphatic carbocycles. The van der Waals surface area contributed by atoms with Gasteiger partial charge in [0, 0.05) is 44.2 Å². The number of amides is 4. The largest absolute Gasteiger partial charge is 0.481 e. The second-order valence-electron chi connectivity index (χ2n) is 16.5. The summed E-state index contributed by atoms with van der Waals surface area (Å²) in [7, 11) is 0. The average molecular weight is 903 g/mol. The van der Waals surface area contributed by atoms with Crippen LogP contribution >= 0.6 is 0 Å². The molecule has 0 aliphatic heterocycles. The highest BCUT2D eigenvalue weighted by atomic mass is 16.5. The normalized spacial score (nSPS) is 12.2. The summed E-state index contributed by atoms with van der Waals surface area (Å²) in [6.07, 6.45) is 14.0. The first kappa shape index (κ1) is 58.8. The fraction of sp³-hybridized carbons (Fsp3) is 0.818. The molecule has 0 spiro atoms. The van der Waals surface area contributed by atoms with E-state index >= 15 is 0 Å². The summed E-state index contributed by atoms with van der Waals surface area (Å²) in [5, 5.41) is 37.8. The van der Waals surface area contributed by atoms with E-state index in [0.29, 0.717) is 13.0 Å². The second kappa shape index (κ2) is 38.3. The summed E-state index contributed by atoms with van der Waals surface area (Å²) in [5.74, 6) is -5.33. The Bertz CT molecular complexity index is 1320. The van der Waals surface area contributed by atoms with E-state index in [1.165, 1.54) is 32.1 Å². The van der Waals surface area contributed by atoms with Gasteiger partial charge in [-0.25, -0.2) is 9.59 Å². The highest BCUT2D eigenvalue weighted by molar-refractivity contribution is 5.86. The summed E-state index contributed by atoms with van der Waals surface area (Å²) < 4.78 is 21.2. The highest BCUT2D eigenvalue weighted by Gasteiger charge is 2.25. The lowest BCUT2D eigenvalue weighted by atomic mass is 9.91. The number of Topliss-reactive ketones (excluding diaryl/α,β-unsaturated/α-hetero) is 1. The van der Waals surface area contributed by atoms with Crippen LogP contribution in [0.15, 0.2) is 0 Å². The molecule has 0 bridgehead atoms. The van der Waals surface area contributed by atoms with E-state index in [0.717, 1.165) is 51.4 Å². The molecule has 0 aromatic rings. The van der Waals surface area contributed by atoms with Crippen molar-refractivity contribution in [3.8, 4) is 0 Å². The van der Waals surface area contributed by atoms with Crippen LogP contribution in [0.2, 0.25) is 0 Å². The van der Waals surface area contributed by atoms with Gasteiger partial charge in [0.05, 0.1) is 39.6 Å². The zero-order valence-corrected chi connectivity index (χ0v) is 38.1. The summed E-state index contributed by atoms with van der Waals surface area (Å²) in [4.78, 5) is 94.7. The van der Waals surface area contributed by atoms with Crippen molar-refractivity contribution in [3.05, 3.63) is 0 Å². The molecule has 0 aromatic carbocycles. The van der Waals surface area contributed by atoms with Crippen molar-refractivity contribution in [1.29, 1.82) is 0 Å². The number of carboxylic acid groups (broad SMARTS) is 3. The Kier molecular flexibility index (Phi) is 35.7. The van der Waals surface area contributed by atoms with Crippen LogP contribution < -0.4 is 21.3 Å². The number of aliphatic carboxylic acids is 3. The van der Waals surface area contributed by atoms with Crippen molar-refractivity contribution in [2.45, 2.75) is 161 Å². The maximum atomic E-state index is 12.5. The Labute approximate surface area is 373 Å². The molecule has 19 nitrogen and oxygen atoms in total. The first-order chi connectivity index (χ1) is 30.0. The molecule has 0 saturated carbocycles. The molecule has 364 valence electrons. The summed E-state index contributed by atoms with van der Waals surface area (Å²) in [5.41, 5.74) is -0.454. The van der Waals surface area contributed by atoms with E-state index < -0.39 is 53.1 Å². The van der Waals surface area contributed by atoms with E-state index in [2.05, 4.69) is 21.3 Å². The van der Waals surface area contributed by atoms with Gasteiger partial charge >= 0.3 is 17.9 Å². The molecule has 0 rings (SSSR count). The van der Waals surface area contributed by atoms with Gasteiger partial charge in [-0.1, -0.05) is 97.8 Å². The Balaban J connectivity index is 3.98. The minimum Gasteiger partial charge on any atom is -0.481 e. The molecule has 0 heterocycles.